The monoisotopic (exact) mass is 875 g/mol. The minimum atomic E-state index is -0.494. The number of rotatable bonds is 7. The Morgan fingerprint density at radius 1 is 0.500 bits per heavy atom. The van der Waals surface area contributed by atoms with Gasteiger partial charge in [0.15, 0.2) is 0 Å². The van der Waals surface area contributed by atoms with Gasteiger partial charge < -0.3 is 0 Å². The minimum absolute atomic E-state index is 0.494. The van der Waals surface area contributed by atoms with Gasteiger partial charge in [0.1, 0.15) is 0 Å². The third-order valence-corrected chi connectivity index (χ3v) is 40.1. The second-order valence-electron chi connectivity index (χ2n) is 5.63. The van der Waals surface area contributed by atoms with E-state index in [2.05, 4.69) is 39.8 Å². The molecule has 0 amide bonds. The molecule has 140 valence electrons. The fourth-order valence-electron chi connectivity index (χ4n) is 2.67. The molecule has 0 aromatic carbocycles. The van der Waals surface area contributed by atoms with Crippen molar-refractivity contribution in [2.45, 2.75) is 36.3 Å². The molecule has 4 aliphatic rings. The molecule has 4 rings (SSSR count). The second-order valence-corrected chi connectivity index (χ2v) is 30.6. The van der Waals surface area contributed by atoms with Crippen molar-refractivity contribution < 1.29 is 0 Å². The average molecular weight is 868 g/mol. The van der Waals surface area contributed by atoms with Crippen LogP contribution in [0.25, 0.3) is 0 Å². The molecule has 0 aliphatic carbocycles. The third-order valence-electron chi connectivity index (χ3n) is 3.89. The van der Waals surface area contributed by atoms with E-state index in [4.69, 9.17) is 0 Å². The second kappa shape index (κ2) is 11.8. The first kappa shape index (κ1) is 21.8. The van der Waals surface area contributed by atoms with Crippen LogP contribution >= 0.6 is 0 Å². The molecule has 4 heterocycles. The Balaban J connectivity index is 1.15. The molecule has 0 bridgehead atoms. The van der Waals surface area contributed by atoms with E-state index < -0.39 is 27.8 Å². The topological polar surface area (TPSA) is 0 Å². The molecular weight excluding hydrogens is 848 g/mol. The maximum atomic E-state index is 2.67. The normalized spacial score (nSPS) is 22.9. The molecule has 0 unspecified atom stereocenters. The molecule has 2 radical (unpaired) electrons. The average Bonchev–Trinajstić information content (AvgIpc) is 3.45. The van der Waals surface area contributed by atoms with Gasteiger partial charge >= 0.3 is 207 Å². The summed E-state index contributed by atoms with van der Waals surface area (Å²) in [5.41, 5.74) is 0. The van der Waals surface area contributed by atoms with Crippen molar-refractivity contribution in [3.05, 3.63) is 53.3 Å². The zero-order valence-corrected chi connectivity index (χ0v) is 27.8. The molecule has 0 fully saturated rings. The van der Waals surface area contributed by atoms with Crippen LogP contribution in [-0.4, -0.2) is 118 Å². The zero-order valence-electron chi connectivity index (χ0n) is 14.1. The molecule has 0 aromatic heterocycles. The number of hydrogen-bond donors (Lipinski definition) is 0. The van der Waals surface area contributed by atoms with Gasteiger partial charge in [0, 0.05) is 0 Å². The molecule has 0 atom stereocenters. The summed E-state index contributed by atoms with van der Waals surface area (Å²) in [4.78, 5) is 20.3. The van der Waals surface area contributed by atoms with Crippen LogP contribution in [0.2, 0.25) is 10.6 Å². The van der Waals surface area contributed by atoms with Crippen LogP contribution < -0.4 is 0 Å². The van der Waals surface area contributed by atoms with Crippen LogP contribution in [0.1, 0.15) is 25.7 Å². The summed E-state index contributed by atoms with van der Waals surface area (Å²) >= 11 is 3.49. The van der Waals surface area contributed by atoms with Gasteiger partial charge in [-0.2, -0.15) is 0 Å². The Bertz CT molecular complexity index is 620. The van der Waals surface area contributed by atoms with Crippen molar-refractivity contribution in [2.24, 2.45) is 0 Å². The van der Waals surface area contributed by atoms with Crippen LogP contribution in [-0.2, 0) is 0 Å². The van der Waals surface area contributed by atoms with Gasteiger partial charge in [0.25, 0.3) is 0 Å². The van der Waals surface area contributed by atoms with Gasteiger partial charge in [-0.3, -0.25) is 0 Å². The van der Waals surface area contributed by atoms with Crippen LogP contribution in [0.5, 0.6) is 0 Å². The van der Waals surface area contributed by atoms with E-state index in [9.17, 15) is 0 Å². The molecule has 0 saturated heterocycles. The van der Waals surface area contributed by atoms with E-state index in [1.807, 2.05) is 13.5 Å². The summed E-state index contributed by atoms with van der Waals surface area (Å²) in [6, 6.07) is 0. The molecule has 26 heavy (non-hydrogen) atoms. The summed E-state index contributed by atoms with van der Waals surface area (Å²) in [6.07, 6.45) is 5.99. The van der Waals surface area contributed by atoms with E-state index in [-0.39, 0.29) is 0 Å². The molecule has 0 N–H and O–H groups in total. The first-order chi connectivity index (χ1) is 12.9. The standard InChI is InChI=1S/C18H20Se8/c1(3-11-25-13-9-23-17(25)15-19-5-6-20-15)2-4-12-26-14-10-24-18(26)16-21-7-8-22-16/h5-10,13-14H,1-4,11-12H2. The van der Waals surface area contributed by atoms with Crippen molar-refractivity contribution in [1.29, 1.82) is 0 Å². The van der Waals surface area contributed by atoms with Gasteiger partial charge in [-0.25, -0.2) is 0 Å². The zero-order chi connectivity index (χ0) is 17.6. The van der Waals surface area contributed by atoms with Gasteiger partial charge in [-0.15, -0.1) is 0 Å². The van der Waals surface area contributed by atoms with Gasteiger partial charge in [0.2, 0.25) is 0 Å². The summed E-state index contributed by atoms with van der Waals surface area (Å²) < 4.78 is 7.89. The van der Waals surface area contributed by atoms with Crippen molar-refractivity contribution in [1.82, 2.24) is 0 Å². The maximum absolute atomic E-state index is 2.67. The Kier molecular flexibility index (Phi) is 9.94. The Morgan fingerprint density at radius 3 is 1.35 bits per heavy atom. The summed E-state index contributed by atoms with van der Waals surface area (Å²) in [5.74, 6) is 0. The predicted molar refractivity (Wildman–Crippen MR) is 125 cm³/mol. The SMILES string of the molecule is C1=C[Se]C(=C2[Se]C=C[Se]2CCCCCC[Se]2C=C[Se]C2=C2[Se]C=C[Se]2)[Se]1. The molecule has 0 aromatic rings. The number of unbranched alkanes of at least 4 members (excludes halogenated alkanes) is 3. The van der Waals surface area contributed by atoms with E-state index >= 15 is 0 Å². The Morgan fingerprint density at radius 2 is 0.923 bits per heavy atom. The predicted octanol–water partition coefficient (Wildman–Crippen LogP) is 2.28. The van der Waals surface area contributed by atoms with E-state index in [0.29, 0.717) is 0 Å². The Labute approximate surface area is 204 Å². The fraction of sp³-hybridized carbons (Fsp3) is 0.333. The first-order valence-electron chi connectivity index (χ1n) is 8.43. The molecule has 8 heteroatoms. The van der Waals surface area contributed by atoms with Gasteiger partial charge in [-0.05, 0) is 0 Å². The van der Waals surface area contributed by atoms with Crippen molar-refractivity contribution in [3.63, 3.8) is 0 Å². The summed E-state index contributed by atoms with van der Waals surface area (Å²) in [6.45, 7) is 0. The van der Waals surface area contributed by atoms with Crippen molar-refractivity contribution >= 4 is 118 Å². The molecule has 4 aliphatic heterocycles. The molecule has 0 saturated carbocycles. The van der Waals surface area contributed by atoms with E-state index in [0.717, 1.165) is 89.7 Å². The van der Waals surface area contributed by atoms with Gasteiger partial charge in [-0.1, -0.05) is 0 Å². The van der Waals surface area contributed by atoms with E-state index in [1.165, 1.54) is 25.7 Å². The molecule has 0 nitrogen and oxygen atoms in total. The van der Waals surface area contributed by atoms with Gasteiger partial charge in [0.05, 0.1) is 0 Å². The number of hydrogen-bond acceptors (Lipinski definition) is 0. The third kappa shape index (κ3) is 6.07. The Hall–Kier alpha value is 2.60. The van der Waals surface area contributed by atoms with E-state index in [1.54, 1.807) is 10.6 Å². The van der Waals surface area contributed by atoms with Crippen LogP contribution in [0.15, 0.2) is 53.3 Å². The summed E-state index contributed by atoms with van der Waals surface area (Å²) in [7, 11) is 0. The van der Waals surface area contributed by atoms with Crippen molar-refractivity contribution in [3.8, 4) is 0 Å². The quantitative estimate of drug-likeness (QED) is 0.273. The first-order valence-corrected chi connectivity index (χ1v) is 25.6. The van der Waals surface area contributed by atoms with Crippen LogP contribution in [0, 0.1) is 0 Å². The van der Waals surface area contributed by atoms with Crippen LogP contribution in [0.4, 0.5) is 0 Å². The fourth-order valence-corrected chi connectivity index (χ4v) is 40.5. The van der Waals surface area contributed by atoms with Crippen molar-refractivity contribution in [2.75, 3.05) is 0 Å². The molecular formula is C18H20Se8. The summed E-state index contributed by atoms with van der Waals surface area (Å²) in [5, 5.41) is 3.11. The molecule has 0 spiro atoms. The van der Waals surface area contributed by atoms with Crippen LogP contribution in [0.3, 0.4) is 0 Å².